The molecule has 1 aromatic heterocycles. The molecule has 2 bridgehead atoms. The van der Waals surface area contributed by atoms with Crippen LogP contribution in [0.25, 0.3) is 0 Å². The number of carboxylic acid groups (broad SMARTS) is 1. The van der Waals surface area contributed by atoms with Crippen LogP contribution in [-0.2, 0) is 26.6 Å². The van der Waals surface area contributed by atoms with E-state index < -0.39 is 71.4 Å². The van der Waals surface area contributed by atoms with E-state index in [9.17, 15) is 36.2 Å². The zero-order chi connectivity index (χ0) is 21.5. The predicted molar refractivity (Wildman–Crippen MR) is 83.9 cm³/mol. The van der Waals surface area contributed by atoms with Gasteiger partial charge in [-0.25, -0.2) is 9.78 Å². The summed E-state index contributed by atoms with van der Waals surface area (Å²) in [7, 11) is 0. The van der Waals surface area contributed by atoms with E-state index in [-0.39, 0.29) is 12.5 Å². The van der Waals surface area contributed by atoms with Gasteiger partial charge < -0.3 is 19.5 Å². The molecule has 0 radical (unpaired) electrons. The molecule has 160 valence electrons. The molecule has 0 spiro atoms. The molecule has 3 aliphatic rings. The van der Waals surface area contributed by atoms with Gasteiger partial charge in [-0.15, -0.1) is 0 Å². The average molecular weight is 426 g/mol. The summed E-state index contributed by atoms with van der Waals surface area (Å²) in [6, 6.07) is -1.79. The highest BCUT2D eigenvalue weighted by atomic mass is 19.4. The van der Waals surface area contributed by atoms with E-state index in [4.69, 9.17) is 9.47 Å². The summed E-state index contributed by atoms with van der Waals surface area (Å²) in [5.41, 5.74) is -3.29. The number of aromatic nitrogens is 1. The quantitative estimate of drug-likeness (QED) is 0.732. The largest absolute Gasteiger partial charge is 0.480 e. The smallest absolute Gasteiger partial charge is 0.433 e. The fraction of sp³-hybridized carbons (Fsp3) is 0.647. The minimum absolute atomic E-state index is 0.0886. The molecule has 3 fully saturated rings. The number of hydrogen-bond donors (Lipinski definition) is 1. The first-order chi connectivity index (χ1) is 13.2. The summed E-state index contributed by atoms with van der Waals surface area (Å²) in [4.78, 5) is 16.2. The molecular weight excluding hydrogens is 410 g/mol. The maximum absolute atomic E-state index is 13.2. The van der Waals surface area contributed by atoms with Crippen molar-refractivity contribution in [1.82, 2.24) is 4.98 Å². The van der Waals surface area contributed by atoms with Crippen molar-refractivity contribution in [3.63, 3.8) is 0 Å². The van der Waals surface area contributed by atoms with E-state index in [0.717, 1.165) is 4.90 Å². The van der Waals surface area contributed by atoms with Crippen molar-refractivity contribution in [3.05, 3.63) is 23.4 Å². The second kappa shape index (κ2) is 5.97. The van der Waals surface area contributed by atoms with Gasteiger partial charge in [-0.2, -0.15) is 26.3 Å². The van der Waals surface area contributed by atoms with Crippen molar-refractivity contribution >= 4 is 11.8 Å². The van der Waals surface area contributed by atoms with Crippen LogP contribution >= 0.6 is 0 Å². The van der Waals surface area contributed by atoms with Gasteiger partial charge >= 0.3 is 18.3 Å². The second-order valence-corrected chi connectivity index (χ2v) is 7.82. The third kappa shape index (κ3) is 3.21. The Balaban J connectivity index is 1.82. The number of piperidine rings is 1. The molecule has 5 atom stereocenters. The Morgan fingerprint density at radius 1 is 1.14 bits per heavy atom. The van der Waals surface area contributed by atoms with Crippen molar-refractivity contribution in [2.45, 2.75) is 62.7 Å². The summed E-state index contributed by atoms with van der Waals surface area (Å²) < 4.78 is 90.6. The zero-order valence-electron chi connectivity index (χ0n) is 15.1. The van der Waals surface area contributed by atoms with Gasteiger partial charge in [0.25, 0.3) is 0 Å². The number of hydrogen-bond acceptors (Lipinski definition) is 5. The van der Waals surface area contributed by atoms with Gasteiger partial charge in [0.05, 0.1) is 17.7 Å². The van der Waals surface area contributed by atoms with Crippen molar-refractivity contribution in [2.75, 3.05) is 4.90 Å². The van der Waals surface area contributed by atoms with Crippen LogP contribution in [0.3, 0.4) is 0 Å². The standard InChI is InChI=1S/C17H16F6N2O4/c1-15(2)28-12-7-5-8(13(12)29-15)25(11(7)14(26)27)10-4-6(16(18,19)20)3-9(24-10)17(21,22)23/h3-4,7-8,11-13H,5H2,1-2H3,(H,26,27)/t7-,8-,11-,12-,13+/m0/s1. The molecule has 0 aromatic carbocycles. The Hall–Kier alpha value is -2.08. The van der Waals surface area contributed by atoms with Gasteiger partial charge in [0, 0.05) is 5.92 Å². The number of pyridine rings is 1. The number of nitrogens with zero attached hydrogens (tertiary/aromatic N) is 2. The number of ether oxygens (including phenoxy) is 2. The number of rotatable bonds is 2. The molecule has 2 saturated heterocycles. The highest BCUT2D eigenvalue weighted by molar-refractivity contribution is 5.80. The summed E-state index contributed by atoms with van der Waals surface area (Å²) in [5, 5.41) is 9.67. The Morgan fingerprint density at radius 2 is 1.76 bits per heavy atom. The predicted octanol–water partition coefficient (Wildman–Crippen LogP) is 3.30. The molecule has 6 nitrogen and oxygen atoms in total. The molecule has 12 heteroatoms. The minimum atomic E-state index is -5.13. The van der Waals surface area contributed by atoms with Gasteiger partial charge in [0.1, 0.15) is 23.7 Å². The topological polar surface area (TPSA) is 71.9 Å². The van der Waals surface area contributed by atoms with Crippen LogP contribution in [0.1, 0.15) is 31.5 Å². The number of anilines is 1. The van der Waals surface area contributed by atoms with Crippen LogP contribution < -0.4 is 4.90 Å². The fourth-order valence-corrected chi connectivity index (χ4v) is 4.56. The van der Waals surface area contributed by atoms with Gasteiger partial charge in [0.15, 0.2) is 5.79 Å². The van der Waals surface area contributed by atoms with Crippen molar-refractivity contribution < 1.29 is 45.7 Å². The van der Waals surface area contributed by atoms with Gasteiger partial charge in [-0.1, -0.05) is 0 Å². The van der Waals surface area contributed by atoms with Crippen LogP contribution in [0.15, 0.2) is 12.1 Å². The van der Waals surface area contributed by atoms with Crippen molar-refractivity contribution in [2.24, 2.45) is 5.92 Å². The highest BCUT2D eigenvalue weighted by Gasteiger charge is 2.65. The third-order valence-electron chi connectivity index (χ3n) is 5.49. The molecule has 0 unspecified atom stereocenters. The fourth-order valence-electron chi connectivity index (χ4n) is 4.56. The molecule has 29 heavy (non-hydrogen) atoms. The van der Waals surface area contributed by atoms with E-state index in [2.05, 4.69) is 4.98 Å². The number of alkyl halides is 6. The lowest BCUT2D eigenvalue weighted by Gasteiger charge is -2.38. The van der Waals surface area contributed by atoms with E-state index in [1.807, 2.05) is 0 Å². The Morgan fingerprint density at radius 3 is 2.31 bits per heavy atom. The number of aliphatic carboxylic acids is 1. The number of carbonyl (C=O) groups is 1. The molecule has 1 aliphatic carbocycles. The third-order valence-corrected chi connectivity index (χ3v) is 5.49. The molecule has 1 saturated carbocycles. The summed E-state index contributed by atoms with van der Waals surface area (Å²) in [5.74, 6) is -3.77. The highest BCUT2D eigenvalue weighted by Crippen LogP contribution is 2.52. The maximum Gasteiger partial charge on any atom is 0.433 e. The number of halogens is 6. The van der Waals surface area contributed by atoms with E-state index >= 15 is 0 Å². The molecule has 1 N–H and O–H groups in total. The van der Waals surface area contributed by atoms with E-state index in [0.29, 0.717) is 6.07 Å². The van der Waals surface area contributed by atoms with E-state index in [1.165, 1.54) is 0 Å². The van der Waals surface area contributed by atoms with Crippen LogP contribution in [0, 0.1) is 5.92 Å². The first kappa shape index (κ1) is 20.2. The second-order valence-electron chi connectivity index (χ2n) is 7.82. The number of fused-ring (bicyclic) bond motifs is 5. The molecule has 4 rings (SSSR count). The van der Waals surface area contributed by atoms with Crippen LogP contribution in [0.5, 0.6) is 0 Å². The average Bonchev–Trinajstić information content (AvgIpc) is 3.19. The number of carboxylic acids is 1. The minimum Gasteiger partial charge on any atom is -0.480 e. The van der Waals surface area contributed by atoms with Crippen molar-refractivity contribution in [3.8, 4) is 0 Å². The molecule has 3 heterocycles. The van der Waals surface area contributed by atoms with Crippen LogP contribution in [0.4, 0.5) is 32.2 Å². The van der Waals surface area contributed by atoms with Crippen LogP contribution in [-0.4, -0.2) is 46.1 Å². The van der Waals surface area contributed by atoms with Gasteiger partial charge in [0.2, 0.25) is 0 Å². The first-order valence-corrected chi connectivity index (χ1v) is 8.72. The lowest BCUT2D eigenvalue weighted by Crippen LogP contribution is -2.56. The molecule has 0 amide bonds. The maximum atomic E-state index is 13.2. The molecule has 1 aromatic rings. The molecule has 2 aliphatic heterocycles. The van der Waals surface area contributed by atoms with Gasteiger partial charge in [-0.05, 0) is 32.4 Å². The monoisotopic (exact) mass is 426 g/mol. The lowest BCUT2D eigenvalue weighted by molar-refractivity contribution is -0.157. The Bertz CT molecular complexity index is 823. The van der Waals surface area contributed by atoms with E-state index in [1.54, 1.807) is 13.8 Å². The SMILES string of the molecule is CC1(C)O[C@H]2[C@H]3C[C@@H]([C@H]2O1)N(c1cc(C(F)(F)F)cc(C(F)(F)F)n1)[C@@H]3C(=O)O. The van der Waals surface area contributed by atoms with Crippen molar-refractivity contribution in [1.29, 1.82) is 0 Å². The normalized spacial score (nSPS) is 33.2. The van der Waals surface area contributed by atoms with Gasteiger partial charge in [-0.3, -0.25) is 0 Å². The van der Waals surface area contributed by atoms with Crippen LogP contribution in [0.2, 0.25) is 0 Å². The lowest BCUT2D eigenvalue weighted by atomic mass is 9.94. The molecular formula is C17H16F6N2O4. The summed E-state index contributed by atoms with van der Waals surface area (Å²) in [6.45, 7) is 3.21. The summed E-state index contributed by atoms with van der Waals surface area (Å²) >= 11 is 0. The zero-order valence-corrected chi connectivity index (χ0v) is 15.1. The Labute approximate surface area is 160 Å². The first-order valence-electron chi connectivity index (χ1n) is 8.72. The summed E-state index contributed by atoms with van der Waals surface area (Å²) in [6.07, 6.45) is -11.3. The Kier molecular flexibility index (Phi) is 4.16.